The minimum absolute atomic E-state index is 0.0701. The van der Waals surface area contributed by atoms with E-state index >= 15 is 8.78 Å². The highest BCUT2D eigenvalue weighted by Crippen LogP contribution is 2.26. The fourth-order valence-corrected chi connectivity index (χ4v) is 4.74. The molecule has 0 saturated carbocycles. The number of halogens is 2. The molecule has 32 heavy (non-hydrogen) atoms. The summed E-state index contributed by atoms with van der Waals surface area (Å²) in [5, 5.41) is 0. The molecule has 0 aliphatic rings. The third-order valence-corrected chi connectivity index (χ3v) is 6.76. The maximum Gasteiger partial charge on any atom is 0.320 e. The molecular formula is C24H24F2N2O3S. The lowest BCUT2D eigenvalue weighted by molar-refractivity contribution is -0.145. The lowest BCUT2D eigenvalue weighted by atomic mass is 9.99. The number of hydrogen-bond acceptors (Lipinski definition) is 4. The molecule has 0 aliphatic heterocycles. The zero-order valence-corrected chi connectivity index (χ0v) is 18.1. The van der Waals surface area contributed by atoms with E-state index in [2.05, 4.69) is 0 Å². The number of rotatable bonds is 10. The van der Waals surface area contributed by atoms with Crippen molar-refractivity contribution < 1.29 is 22.0 Å². The monoisotopic (exact) mass is 458 g/mol. The molecule has 2 N–H and O–H groups in total. The third kappa shape index (κ3) is 5.85. The Hall–Kier alpha value is -2.94. The number of benzene rings is 3. The minimum atomic E-state index is -4.29. The van der Waals surface area contributed by atoms with Crippen molar-refractivity contribution in [3.05, 3.63) is 102 Å². The summed E-state index contributed by atoms with van der Waals surface area (Å²) in [6, 6.07) is 22.8. The SMILES string of the molecule is N[C@@H](Cc1ccccc1)C(=O)C(F)(F)CN(Cc1ccccc1)S(=O)(=O)c1ccccc1. The van der Waals surface area contributed by atoms with Crippen LogP contribution in [-0.2, 0) is 27.8 Å². The number of carbonyl (C=O) groups excluding carboxylic acids is 1. The maximum absolute atomic E-state index is 15.0. The normalized spacial score (nSPS) is 13.1. The van der Waals surface area contributed by atoms with Crippen molar-refractivity contribution >= 4 is 15.8 Å². The van der Waals surface area contributed by atoms with Crippen molar-refractivity contribution in [3.63, 3.8) is 0 Å². The van der Waals surface area contributed by atoms with Crippen LogP contribution < -0.4 is 5.73 Å². The number of nitrogens with two attached hydrogens (primary N) is 1. The summed E-state index contributed by atoms with van der Waals surface area (Å²) in [6.07, 6.45) is -0.0701. The summed E-state index contributed by atoms with van der Waals surface area (Å²) in [5.41, 5.74) is 6.94. The molecule has 3 aromatic rings. The fraction of sp³-hybridized carbons (Fsp3) is 0.208. The Kier molecular flexibility index (Phi) is 7.50. The summed E-state index contributed by atoms with van der Waals surface area (Å²) < 4.78 is 57.0. The molecule has 0 saturated heterocycles. The molecule has 3 rings (SSSR count). The van der Waals surface area contributed by atoms with E-state index in [-0.39, 0.29) is 17.9 Å². The molecule has 0 bridgehead atoms. The van der Waals surface area contributed by atoms with Crippen molar-refractivity contribution in [3.8, 4) is 0 Å². The van der Waals surface area contributed by atoms with Gasteiger partial charge in [0.25, 0.3) is 0 Å². The van der Waals surface area contributed by atoms with E-state index in [4.69, 9.17) is 5.73 Å². The average Bonchev–Trinajstić information content (AvgIpc) is 2.80. The van der Waals surface area contributed by atoms with E-state index in [1.165, 1.54) is 24.3 Å². The number of alkyl halides is 2. The van der Waals surface area contributed by atoms with Crippen LogP contribution in [0.5, 0.6) is 0 Å². The predicted octanol–water partition coefficient (Wildman–Crippen LogP) is 3.65. The van der Waals surface area contributed by atoms with E-state index in [0.29, 0.717) is 15.4 Å². The van der Waals surface area contributed by atoms with Gasteiger partial charge >= 0.3 is 5.92 Å². The first-order chi connectivity index (χ1) is 15.2. The molecule has 0 amide bonds. The number of Topliss-reactive ketones (excluding diaryl/α,β-unsaturated/α-hetero) is 1. The summed E-state index contributed by atoms with van der Waals surface area (Å²) in [7, 11) is -4.29. The van der Waals surface area contributed by atoms with E-state index < -0.39 is 34.3 Å². The minimum Gasteiger partial charge on any atom is -0.321 e. The Balaban J connectivity index is 1.86. The van der Waals surface area contributed by atoms with Crippen LogP contribution in [0.4, 0.5) is 8.78 Å². The summed E-state index contributed by atoms with van der Waals surface area (Å²) in [6.45, 7) is -1.62. The van der Waals surface area contributed by atoms with E-state index in [0.717, 1.165) is 0 Å². The third-order valence-electron chi connectivity index (χ3n) is 4.95. The van der Waals surface area contributed by atoms with E-state index in [9.17, 15) is 13.2 Å². The van der Waals surface area contributed by atoms with Gasteiger partial charge in [0, 0.05) is 6.54 Å². The first kappa shape index (κ1) is 23.7. The van der Waals surface area contributed by atoms with Gasteiger partial charge in [-0.3, -0.25) is 4.79 Å². The van der Waals surface area contributed by atoms with Crippen LogP contribution in [0.25, 0.3) is 0 Å². The lowest BCUT2D eigenvalue weighted by Crippen LogP contribution is -2.51. The van der Waals surface area contributed by atoms with Gasteiger partial charge in [-0.25, -0.2) is 8.42 Å². The second-order valence-corrected chi connectivity index (χ2v) is 9.37. The van der Waals surface area contributed by atoms with Gasteiger partial charge < -0.3 is 5.73 Å². The van der Waals surface area contributed by atoms with Crippen molar-refractivity contribution in [1.82, 2.24) is 4.31 Å². The second-order valence-electron chi connectivity index (χ2n) is 7.44. The molecule has 0 spiro atoms. The molecule has 168 valence electrons. The smallest absolute Gasteiger partial charge is 0.320 e. The number of hydrogen-bond donors (Lipinski definition) is 1. The van der Waals surface area contributed by atoms with Gasteiger partial charge in [0.2, 0.25) is 15.8 Å². The molecule has 8 heteroatoms. The highest BCUT2D eigenvalue weighted by Gasteiger charge is 2.45. The number of carbonyl (C=O) groups is 1. The van der Waals surface area contributed by atoms with Crippen LogP contribution in [0, 0.1) is 0 Å². The number of ketones is 1. The topological polar surface area (TPSA) is 80.5 Å². The average molecular weight is 459 g/mol. The van der Waals surface area contributed by atoms with Gasteiger partial charge in [0.1, 0.15) is 0 Å². The van der Waals surface area contributed by atoms with Crippen LogP contribution in [0.3, 0.4) is 0 Å². The highest BCUT2D eigenvalue weighted by atomic mass is 32.2. The Labute approximate surface area is 186 Å². The molecule has 3 aromatic carbocycles. The van der Waals surface area contributed by atoms with Gasteiger partial charge in [-0.15, -0.1) is 0 Å². The summed E-state index contributed by atoms with van der Waals surface area (Å²) >= 11 is 0. The molecular weight excluding hydrogens is 434 g/mol. The molecule has 0 fully saturated rings. The van der Waals surface area contributed by atoms with Gasteiger partial charge in [-0.1, -0.05) is 78.9 Å². The Morgan fingerprint density at radius 3 is 1.84 bits per heavy atom. The fourth-order valence-electron chi connectivity index (χ4n) is 3.29. The van der Waals surface area contributed by atoms with Gasteiger partial charge in [0.15, 0.2) is 0 Å². The quantitative estimate of drug-likeness (QED) is 0.503. The van der Waals surface area contributed by atoms with Crippen LogP contribution in [0.2, 0.25) is 0 Å². The summed E-state index contributed by atoms with van der Waals surface area (Å²) in [4.78, 5) is 12.4. The van der Waals surface area contributed by atoms with Crippen LogP contribution in [0.1, 0.15) is 11.1 Å². The largest absolute Gasteiger partial charge is 0.321 e. The van der Waals surface area contributed by atoms with E-state index in [1.54, 1.807) is 66.7 Å². The Morgan fingerprint density at radius 2 is 1.31 bits per heavy atom. The van der Waals surface area contributed by atoms with Crippen molar-refractivity contribution in [2.24, 2.45) is 5.73 Å². The van der Waals surface area contributed by atoms with Gasteiger partial charge in [-0.05, 0) is 29.7 Å². The van der Waals surface area contributed by atoms with E-state index in [1.807, 2.05) is 0 Å². The predicted molar refractivity (Wildman–Crippen MR) is 119 cm³/mol. The first-order valence-electron chi connectivity index (χ1n) is 10.0. The molecule has 0 radical (unpaired) electrons. The molecule has 0 heterocycles. The van der Waals surface area contributed by atoms with Crippen LogP contribution in [-0.4, -0.2) is 37.0 Å². The lowest BCUT2D eigenvalue weighted by Gasteiger charge is -2.27. The number of sulfonamides is 1. The van der Waals surface area contributed by atoms with Crippen molar-refractivity contribution in [2.45, 2.75) is 29.8 Å². The van der Waals surface area contributed by atoms with Gasteiger partial charge in [0.05, 0.1) is 17.5 Å². The first-order valence-corrected chi connectivity index (χ1v) is 11.4. The molecule has 0 aromatic heterocycles. The van der Waals surface area contributed by atoms with Crippen molar-refractivity contribution in [1.29, 1.82) is 0 Å². The van der Waals surface area contributed by atoms with Crippen LogP contribution in [0.15, 0.2) is 95.9 Å². The molecule has 1 atom stereocenters. The Bertz CT molecular complexity index is 1130. The zero-order valence-electron chi connectivity index (χ0n) is 17.3. The van der Waals surface area contributed by atoms with Gasteiger partial charge in [-0.2, -0.15) is 13.1 Å². The standard InChI is InChI=1S/C24H24F2N2O3S/c25-24(26,23(29)22(27)16-19-10-4-1-5-11-19)18-28(17-20-12-6-2-7-13-20)32(30,31)21-14-8-3-9-15-21/h1-15,22H,16-18,27H2/t22-/m0/s1. The molecule has 0 aliphatic carbocycles. The highest BCUT2D eigenvalue weighted by molar-refractivity contribution is 7.89. The summed E-state index contributed by atoms with van der Waals surface area (Å²) in [5.74, 6) is -5.46. The molecule has 0 unspecified atom stereocenters. The number of nitrogens with zero attached hydrogens (tertiary/aromatic N) is 1. The molecule has 5 nitrogen and oxygen atoms in total. The van der Waals surface area contributed by atoms with Crippen LogP contribution >= 0.6 is 0 Å². The zero-order chi connectivity index (χ0) is 23.2. The Morgan fingerprint density at radius 1 is 0.844 bits per heavy atom. The van der Waals surface area contributed by atoms with Crippen molar-refractivity contribution in [2.75, 3.05) is 6.54 Å². The second kappa shape index (κ2) is 10.1. The maximum atomic E-state index is 15.0.